The molecule has 3 nitrogen and oxygen atoms in total. The van der Waals surface area contributed by atoms with E-state index in [4.69, 9.17) is 10.2 Å². The Morgan fingerprint density at radius 3 is 3.00 bits per heavy atom. The summed E-state index contributed by atoms with van der Waals surface area (Å²) >= 11 is 1.87. The molecule has 4 heteroatoms. The molecule has 0 radical (unpaired) electrons. The Labute approximate surface area is 83.1 Å². The Hall–Kier alpha value is -0.480. The zero-order valence-corrected chi connectivity index (χ0v) is 8.93. The number of oxazole rings is 1. The van der Waals surface area contributed by atoms with Crippen molar-refractivity contribution < 1.29 is 4.42 Å². The van der Waals surface area contributed by atoms with E-state index in [-0.39, 0.29) is 0 Å². The van der Waals surface area contributed by atoms with Crippen molar-refractivity contribution in [3.8, 4) is 0 Å². The van der Waals surface area contributed by atoms with Crippen LogP contribution in [0.1, 0.15) is 24.8 Å². The molecule has 0 amide bonds. The highest BCUT2D eigenvalue weighted by atomic mass is 32.2. The summed E-state index contributed by atoms with van der Waals surface area (Å²) in [6.07, 6.45) is 2.56. The van der Waals surface area contributed by atoms with Crippen molar-refractivity contribution in [3.63, 3.8) is 0 Å². The summed E-state index contributed by atoms with van der Waals surface area (Å²) in [5, 5.41) is 0.598. The van der Waals surface area contributed by atoms with Crippen LogP contribution < -0.4 is 5.73 Å². The fourth-order valence-corrected chi connectivity index (χ4v) is 2.03. The van der Waals surface area contributed by atoms with Gasteiger partial charge in [-0.25, -0.2) is 4.98 Å². The Morgan fingerprint density at radius 1 is 1.69 bits per heavy atom. The summed E-state index contributed by atoms with van der Waals surface area (Å²) in [7, 11) is 0. The van der Waals surface area contributed by atoms with Crippen molar-refractivity contribution in [1.82, 2.24) is 4.98 Å². The van der Waals surface area contributed by atoms with Crippen molar-refractivity contribution in [2.24, 2.45) is 5.73 Å². The highest BCUT2D eigenvalue weighted by Crippen LogP contribution is 2.20. The van der Waals surface area contributed by atoms with Crippen LogP contribution in [0.2, 0.25) is 0 Å². The van der Waals surface area contributed by atoms with Crippen LogP contribution in [0.3, 0.4) is 0 Å². The van der Waals surface area contributed by atoms with Gasteiger partial charge >= 0.3 is 0 Å². The number of rotatable bonds is 5. The molecule has 74 valence electrons. The number of aryl methyl sites for hydroxylation is 1. The average molecular weight is 200 g/mol. The summed E-state index contributed by atoms with van der Waals surface area (Å²) < 4.78 is 5.11. The van der Waals surface area contributed by atoms with Gasteiger partial charge < -0.3 is 10.2 Å². The Bertz CT molecular complexity index is 250. The molecule has 13 heavy (non-hydrogen) atoms. The first-order valence-electron chi connectivity index (χ1n) is 4.44. The second-order valence-corrected chi connectivity index (χ2v) is 4.48. The molecule has 0 fully saturated rings. The van der Waals surface area contributed by atoms with Crippen LogP contribution in [-0.2, 0) is 5.75 Å². The second kappa shape index (κ2) is 5.29. The predicted octanol–water partition coefficient (Wildman–Crippen LogP) is 1.95. The van der Waals surface area contributed by atoms with Gasteiger partial charge in [0.2, 0.25) is 0 Å². The van der Waals surface area contributed by atoms with Crippen molar-refractivity contribution in [2.75, 3.05) is 6.54 Å². The number of hydrogen-bond acceptors (Lipinski definition) is 4. The molecule has 1 heterocycles. The molecule has 1 atom stereocenters. The molecule has 1 aromatic heterocycles. The van der Waals surface area contributed by atoms with Gasteiger partial charge in [0.1, 0.15) is 5.76 Å². The van der Waals surface area contributed by atoms with Gasteiger partial charge in [0.25, 0.3) is 0 Å². The third kappa shape index (κ3) is 3.40. The largest absolute Gasteiger partial charge is 0.448 e. The van der Waals surface area contributed by atoms with Gasteiger partial charge in [-0.15, -0.1) is 0 Å². The lowest BCUT2D eigenvalue weighted by Gasteiger charge is -2.07. The standard InChI is InChI=1S/C9H16N2OS/c1-7(3-4-10)13-5-9-8(2)12-6-11-9/h6-7H,3-5,10H2,1-2H3. The van der Waals surface area contributed by atoms with E-state index < -0.39 is 0 Å². The second-order valence-electron chi connectivity index (χ2n) is 3.05. The number of thioether (sulfide) groups is 1. The van der Waals surface area contributed by atoms with Gasteiger partial charge in [-0.2, -0.15) is 11.8 Å². The minimum absolute atomic E-state index is 0.598. The van der Waals surface area contributed by atoms with E-state index in [1.807, 2.05) is 18.7 Å². The maximum absolute atomic E-state index is 5.46. The van der Waals surface area contributed by atoms with Gasteiger partial charge in [0.15, 0.2) is 6.39 Å². The van der Waals surface area contributed by atoms with E-state index in [0.717, 1.165) is 30.2 Å². The molecule has 0 bridgehead atoms. The molecule has 2 N–H and O–H groups in total. The van der Waals surface area contributed by atoms with E-state index in [1.165, 1.54) is 6.39 Å². The van der Waals surface area contributed by atoms with Crippen LogP contribution in [0.5, 0.6) is 0 Å². The van der Waals surface area contributed by atoms with E-state index in [1.54, 1.807) is 0 Å². The third-order valence-electron chi connectivity index (χ3n) is 1.92. The molecule has 0 aliphatic rings. The first-order valence-corrected chi connectivity index (χ1v) is 5.49. The van der Waals surface area contributed by atoms with Gasteiger partial charge in [-0.05, 0) is 19.9 Å². The molecule has 0 saturated heterocycles. The number of aromatic nitrogens is 1. The quantitative estimate of drug-likeness (QED) is 0.789. The molecule has 1 aromatic rings. The Kier molecular flexibility index (Phi) is 4.32. The van der Waals surface area contributed by atoms with Gasteiger partial charge in [-0.3, -0.25) is 0 Å². The maximum Gasteiger partial charge on any atom is 0.181 e. The fraction of sp³-hybridized carbons (Fsp3) is 0.667. The summed E-state index contributed by atoms with van der Waals surface area (Å²) in [6.45, 7) is 4.88. The first kappa shape index (κ1) is 10.6. The zero-order valence-electron chi connectivity index (χ0n) is 8.12. The van der Waals surface area contributed by atoms with Crippen LogP contribution in [0.4, 0.5) is 0 Å². The maximum atomic E-state index is 5.46. The van der Waals surface area contributed by atoms with Gasteiger partial charge in [-0.1, -0.05) is 6.92 Å². The number of nitrogens with zero attached hydrogens (tertiary/aromatic N) is 1. The lowest BCUT2D eigenvalue weighted by atomic mass is 10.3. The normalized spacial score (nSPS) is 13.2. The highest BCUT2D eigenvalue weighted by molar-refractivity contribution is 7.99. The van der Waals surface area contributed by atoms with Gasteiger partial charge in [0, 0.05) is 11.0 Å². The Balaban J connectivity index is 2.30. The van der Waals surface area contributed by atoms with E-state index in [9.17, 15) is 0 Å². The predicted molar refractivity (Wildman–Crippen MR) is 55.7 cm³/mol. The summed E-state index contributed by atoms with van der Waals surface area (Å²) in [5.41, 5.74) is 6.51. The van der Waals surface area contributed by atoms with Crippen molar-refractivity contribution in [3.05, 3.63) is 17.8 Å². The van der Waals surface area contributed by atoms with Crippen LogP contribution in [-0.4, -0.2) is 16.8 Å². The smallest absolute Gasteiger partial charge is 0.181 e. The molecule has 0 spiro atoms. The molecule has 0 aromatic carbocycles. The van der Waals surface area contributed by atoms with Crippen molar-refractivity contribution in [1.29, 1.82) is 0 Å². The summed E-state index contributed by atoms with van der Waals surface area (Å²) in [5.74, 6) is 1.84. The molecular weight excluding hydrogens is 184 g/mol. The van der Waals surface area contributed by atoms with Crippen molar-refractivity contribution >= 4 is 11.8 Å². The van der Waals surface area contributed by atoms with E-state index in [0.29, 0.717) is 5.25 Å². The molecule has 0 aliphatic carbocycles. The van der Waals surface area contributed by atoms with Crippen LogP contribution >= 0.6 is 11.8 Å². The van der Waals surface area contributed by atoms with Crippen LogP contribution in [0, 0.1) is 6.92 Å². The monoisotopic (exact) mass is 200 g/mol. The fourth-order valence-electron chi connectivity index (χ4n) is 1.01. The molecular formula is C9H16N2OS. The summed E-state index contributed by atoms with van der Waals surface area (Å²) in [6, 6.07) is 0. The average Bonchev–Trinajstić information content (AvgIpc) is 2.48. The third-order valence-corrected chi connectivity index (χ3v) is 3.17. The zero-order chi connectivity index (χ0) is 9.68. The highest BCUT2D eigenvalue weighted by Gasteiger charge is 2.06. The molecule has 0 aliphatic heterocycles. The topological polar surface area (TPSA) is 52.0 Å². The minimum Gasteiger partial charge on any atom is -0.448 e. The molecule has 0 saturated carbocycles. The van der Waals surface area contributed by atoms with Gasteiger partial charge in [0.05, 0.1) is 5.69 Å². The van der Waals surface area contributed by atoms with Crippen LogP contribution in [0.15, 0.2) is 10.8 Å². The first-order chi connectivity index (χ1) is 6.24. The van der Waals surface area contributed by atoms with E-state index >= 15 is 0 Å². The van der Waals surface area contributed by atoms with Crippen molar-refractivity contribution in [2.45, 2.75) is 31.3 Å². The SMILES string of the molecule is Cc1ocnc1CSC(C)CCN. The minimum atomic E-state index is 0.598. The number of hydrogen-bond donors (Lipinski definition) is 1. The molecule has 1 unspecified atom stereocenters. The summed E-state index contributed by atoms with van der Waals surface area (Å²) in [4.78, 5) is 4.13. The lowest BCUT2D eigenvalue weighted by molar-refractivity contribution is 0.525. The van der Waals surface area contributed by atoms with Crippen LogP contribution in [0.25, 0.3) is 0 Å². The Morgan fingerprint density at radius 2 is 2.46 bits per heavy atom. The van der Waals surface area contributed by atoms with E-state index in [2.05, 4.69) is 11.9 Å². The molecule has 1 rings (SSSR count). The number of nitrogens with two attached hydrogens (primary N) is 1. The lowest BCUT2D eigenvalue weighted by Crippen LogP contribution is -2.07.